The van der Waals surface area contributed by atoms with E-state index in [0.29, 0.717) is 23.6 Å². The Morgan fingerprint density at radius 1 is 1.10 bits per heavy atom. The molecule has 1 aliphatic rings. The molecule has 1 aliphatic carbocycles. The summed E-state index contributed by atoms with van der Waals surface area (Å²) in [6, 6.07) is 6.53. The van der Waals surface area contributed by atoms with Crippen molar-refractivity contribution in [1.29, 1.82) is 0 Å². The van der Waals surface area contributed by atoms with E-state index in [0.717, 1.165) is 19.3 Å². The number of hydrogen-bond donors (Lipinski definition) is 3. The van der Waals surface area contributed by atoms with E-state index in [9.17, 15) is 9.59 Å². The quantitative estimate of drug-likeness (QED) is 0.765. The highest BCUT2D eigenvalue weighted by Crippen LogP contribution is 2.23. The summed E-state index contributed by atoms with van der Waals surface area (Å²) in [7, 11) is 0. The van der Waals surface area contributed by atoms with Gasteiger partial charge < -0.3 is 16.8 Å². The van der Waals surface area contributed by atoms with Crippen molar-refractivity contribution in [2.75, 3.05) is 6.54 Å². The monoisotopic (exact) mass is 275 g/mol. The van der Waals surface area contributed by atoms with Gasteiger partial charge >= 0.3 is 0 Å². The average molecular weight is 275 g/mol. The fourth-order valence-corrected chi connectivity index (χ4v) is 2.72. The van der Waals surface area contributed by atoms with Gasteiger partial charge in [-0.2, -0.15) is 0 Å². The van der Waals surface area contributed by atoms with Gasteiger partial charge in [-0.05, 0) is 49.6 Å². The first-order valence-electron chi connectivity index (χ1n) is 7.02. The predicted octanol–water partition coefficient (Wildman–Crippen LogP) is 1.03. The number of rotatable bonds is 4. The summed E-state index contributed by atoms with van der Waals surface area (Å²) >= 11 is 0. The molecule has 1 fully saturated rings. The lowest BCUT2D eigenvalue weighted by atomic mass is 9.84. The molecule has 0 bridgehead atoms. The molecule has 2 amide bonds. The van der Waals surface area contributed by atoms with Gasteiger partial charge in [-0.15, -0.1) is 0 Å². The number of hydrogen-bond acceptors (Lipinski definition) is 3. The van der Waals surface area contributed by atoms with Crippen LogP contribution in [0.1, 0.15) is 46.4 Å². The highest BCUT2D eigenvalue weighted by Gasteiger charge is 2.25. The normalized spacial score (nSPS) is 22.2. The third kappa shape index (κ3) is 3.36. The molecule has 2 rings (SSSR count). The van der Waals surface area contributed by atoms with Crippen LogP contribution in [0.15, 0.2) is 24.3 Å². The summed E-state index contributed by atoms with van der Waals surface area (Å²) in [6.45, 7) is 0.603. The van der Waals surface area contributed by atoms with Crippen LogP contribution in [0, 0.1) is 5.92 Å². The van der Waals surface area contributed by atoms with Crippen LogP contribution in [0.2, 0.25) is 0 Å². The molecule has 2 atom stereocenters. The lowest BCUT2D eigenvalue weighted by Crippen LogP contribution is -2.44. The zero-order valence-electron chi connectivity index (χ0n) is 11.5. The van der Waals surface area contributed by atoms with Crippen LogP contribution in [0.4, 0.5) is 0 Å². The van der Waals surface area contributed by atoms with Crippen LogP contribution in [-0.2, 0) is 0 Å². The van der Waals surface area contributed by atoms with Crippen molar-refractivity contribution >= 4 is 11.8 Å². The number of benzene rings is 1. The van der Waals surface area contributed by atoms with E-state index >= 15 is 0 Å². The molecule has 0 aliphatic heterocycles. The molecule has 5 heteroatoms. The molecule has 0 aromatic heterocycles. The van der Waals surface area contributed by atoms with Crippen molar-refractivity contribution in [3.63, 3.8) is 0 Å². The van der Waals surface area contributed by atoms with Gasteiger partial charge in [-0.1, -0.05) is 12.8 Å². The van der Waals surface area contributed by atoms with Crippen LogP contribution in [0.5, 0.6) is 0 Å². The smallest absolute Gasteiger partial charge is 0.251 e. The van der Waals surface area contributed by atoms with E-state index in [2.05, 4.69) is 5.32 Å². The fraction of sp³-hybridized carbons (Fsp3) is 0.467. The van der Waals surface area contributed by atoms with E-state index in [1.54, 1.807) is 24.3 Å². The first kappa shape index (κ1) is 14.5. The van der Waals surface area contributed by atoms with E-state index in [4.69, 9.17) is 11.5 Å². The Labute approximate surface area is 118 Å². The third-order valence-corrected chi connectivity index (χ3v) is 3.96. The summed E-state index contributed by atoms with van der Waals surface area (Å²) in [6.07, 6.45) is 4.36. The van der Waals surface area contributed by atoms with Crippen molar-refractivity contribution < 1.29 is 9.59 Å². The standard InChI is InChI=1S/C15H21N3O2/c16-9-12-3-1-2-4-13(12)18-15(20)11-7-5-10(6-8-11)14(17)19/h5-8,12-13H,1-4,9,16H2,(H2,17,19)(H,18,20). The molecule has 1 saturated carbocycles. The van der Waals surface area contributed by atoms with Gasteiger partial charge in [0, 0.05) is 17.2 Å². The maximum absolute atomic E-state index is 12.2. The molecule has 5 nitrogen and oxygen atoms in total. The summed E-state index contributed by atoms with van der Waals surface area (Å²) < 4.78 is 0. The summed E-state index contributed by atoms with van der Waals surface area (Å²) in [5.41, 5.74) is 11.9. The Bertz CT molecular complexity index is 484. The van der Waals surface area contributed by atoms with Crippen molar-refractivity contribution in [3.05, 3.63) is 35.4 Å². The zero-order chi connectivity index (χ0) is 14.5. The molecule has 108 valence electrons. The molecule has 5 N–H and O–H groups in total. The first-order valence-corrected chi connectivity index (χ1v) is 7.02. The molecular weight excluding hydrogens is 254 g/mol. The summed E-state index contributed by atoms with van der Waals surface area (Å²) in [5, 5.41) is 3.05. The number of nitrogens with two attached hydrogens (primary N) is 2. The molecule has 20 heavy (non-hydrogen) atoms. The van der Waals surface area contributed by atoms with Crippen LogP contribution >= 0.6 is 0 Å². The molecule has 1 aromatic rings. The molecule has 0 saturated heterocycles. The SMILES string of the molecule is NCC1CCCCC1NC(=O)c1ccc(C(N)=O)cc1. The Morgan fingerprint density at radius 2 is 1.70 bits per heavy atom. The third-order valence-electron chi connectivity index (χ3n) is 3.96. The van der Waals surface area contributed by atoms with Gasteiger partial charge in [0.05, 0.1) is 0 Å². The maximum atomic E-state index is 12.2. The molecule has 2 unspecified atom stereocenters. The number of primary amides is 1. The van der Waals surface area contributed by atoms with Crippen LogP contribution in [0.25, 0.3) is 0 Å². The van der Waals surface area contributed by atoms with E-state index in [1.807, 2.05) is 0 Å². The second kappa shape index (κ2) is 6.52. The van der Waals surface area contributed by atoms with E-state index < -0.39 is 5.91 Å². The topological polar surface area (TPSA) is 98.2 Å². The largest absolute Gasteiger partial charge is 0.366 e. The van der Waals surface area contributed by atoms with Crippen LogP contribution in [-0.4, -0.2) is 24.4 Å². The molecule has 0 radical (unpaired) electrons. The molecular formula is C15H21N3O2. The number of carbonyl (C=O) groups is 2. The Balaban J connectivity index is 2.01. The number of amides is 2. The molecule has 0 spiro atoms. The Kier molecular flexibility index (Phi) is 4.74. The van der Waals surface area contributed by atoms with Crippen LogP contribution < -0.4 is 16.8 Å². The van der Waals surface area contributed by atoms with E-state index in [1.165, 1.54) is 6.42 Å². The zero-order valence-corrected chi connectivity index (χ0v) is 11.5. The number of nitrogens with one attached hydrogen (secondary N) is 1. The van der Waals surface area contributed by atoms with Crippen molar-refractivity contribution in [2.24, 2.45) is 17.4 Å². The van der Waals surface area contributed by atoms with Crippen molar-refractivity contribution in [1.82, 2.24) is 5.32 Å². The van der Waals surface area contributed by atoms with Gasteiger partial charge in [0.15, 0.2) is 0 Å². The van der Waals surface area contributed by atoms with Gasteiger partial charge in [0.2, 0.25) is 5.91 Å². The minimum Gasteiger partial charge on any atom is -0.366 e. The lowest BCUT2D eigenvalue weighted by molar-refractivity contribution is 0.0906. The predicted molar refractivity (Wildman–Crippen MR) is 77.2 cm³/mol. The highest BCUT2D eigenvalue weighted by atomic mass is 16.2. The fourth-order valence-electron chi connectivity index (χ4n) is 2.72. The minimum absolute atomic E-state index is 0.119. The van der Waals surface area contributed by atoms with Gasteiger partial charge in [0.25, 0.3) is 5.91 Å². The van der Waals surface area contributed by atoms with E-state index in [-0.39, 0.29) is 11.9 Å². The van der Waals surface area contributed by atoms with Gasteiger partial charge in [-0.3, -0.25) is 9.59 Å². The Hall–Kier alpha value is -1.88. The lowest BCUT2D eigenvalue weighted by Gasteiger charge is -2.31. The van der Waals surface area contributed by atoms with Gasteiger partial charge in [0.1, 0.15) is 0 Å². The Morgan fingerprint density at radius 3 is 2.30 bits per heavy atom. The van der Waals surface area contributed by atoms with Crippen LogP contribution in [0.3, 0.4) is 0 Å². The molecule has 0 heterocycles. The minimum atomic E-state index is -0.493. The second-order valence-corrected chi connectivity index (χ2v) is 5.30. The average Bonchev–Trinajstić information content (AvgIpc) is 2.48. The maximum Gasteiger partial charge on any atom is 0.251 e. The molecule has 1 aromatic carbocycles. The van der Waals surface area contributed by atoms with Crippen molar-refractivity contribution in [2.45, 2.75) is 31.7 Å². The van der Waals surface area contributed by atoms with Crippen molar-refractivity contribution in [3.8, 4) is 0 Å². The van der Waals surface area contributed by atoms with Gasteiger partial charge in [-0.25, -0.2) is 0 Å². The first-order chi connectivity index (χ1) is 9.61. The summed E-state index contributed by atoms with van der Waals surface area (Å²) in [5.74, 6) is -0.253. The highest BCUT2D eigenvalue weighted by molar-refractivity contribution is 5.97. The number of carbonyl (C=O) groups excluding carboxylic acids is 2. The summed E-state index contributed by atoms with van der Waals surface area (Å²) in [4.78, 5) is 23.2. The second-order valence-electron chi connectivity index (χ2n) is 5.30.